The first-order valence-corrected chi connectivity index (χ1v) is 7.04. The van der Waals surface area contributed by atoms with E-state index in [1.54, 1.807) is 11.1 Å². The second-order valence-electron chi connectivity index (χ2n) is 5.64. The average molecular weight is 248 g/mol. The number of benzene rings is 2. The highest BCUT2D eigenvalue weighted by molar-refractivity contribution is 5.71. The number of allylic oxidation sites excluding steroid dienone is 2. The smallest absolute Gasteiger partial charge is 0.00840 e. The van der Waals surface area contributed by atoms with Gasteiger partial charge in [-0.2, -0.15) is 0 Å². The third kappa shape index (κ3) is 2.49. The van der Waals surface area contributed by atoms with Gasteiger partial charge in [0.25, 0.3) is 0 Å². The van der Waals surface area contributed by atoms with Crippen LogP contribution in [0, 0.1) is 6.92 Å². The van der Waals surface area contributed by atoms with Crippen LogP contribution in [0.3, 0.4) is 0 Å². The van der Waals surface area contributed by atoms with Crippen LogP contribution in [-0.4, -0.2) is 0 Å². The van der Waals surface area contributed by atoms with Gasteiger partial charge >= 0.3 is 0 Å². The molecule has 1 aliphatic rings. The van der Waals surface area contributed by atoms with Crippen molar-refractivity contribution in [3.8, 4) is 0 Å². The van der Waals surface area contributed by atoms with Gasteiger partial charge in [-0.1, -0.05) is 65.7 Å². The predicted octanol–water partition coefficient (Wildman–Crippen LogP) is 5.35. The van der Waals surface area contributed by atoms with Crippen LogP contribution in [0.5, 0.6) is 0 Å². The Kier molecular flexibility index (Phi) is 3.25. The molecule has 0 aromatic heterocycles. The summed E-state index contributed by atoms with van der Waals surface area (Å²) in [7, 11) is 0. The van der Waals surface area contributed by atoms with Crippen LogP contribution in [-0.2, 0) is 0 Å². The molecular formula is C19H20. The Bertz CT molecular complexity index is 588. The van der Waals surface area contributed by atoms with Crippen molar-refractivity contribution in [2.45, 2.75) is 32.6 Å². The van der Waals surface area contributed by atoms with Crippen LogP contribution in [0.25, 0.3) is 5.57 Å². The summed E-state index contributed by atoms with van der Waals surface area (Å²) in [6.07, 6.45) is 2.38. The summed E-state index contributed by atoms with van der Waals surface area (Å²) in [6.45, 7) is 4.44. The van der Waals surface area contributed by atoms with Crippen LogP contribution in [0.2, 0.25) is 0 Å². The molecule has 0 heteroatoms. The van der Waals surface area contributed by atoms with Gasteiger partial charge in [-0.3, -0.25) is 0 Å². The maximum Gasteiger partial charge on any atom is -0.00840 e. The second-order valence-corrected chi connectivity index (χ2v) is 5.64. The molecule has 0 nitrogen and oxygen atoms in total. The molecule has 19 heavy (non-hydrogen) atoms. The first kappa shape index (κ1) is 12.2. The number of hydrogen-bond donors (Lipinski definition) is 0. The molecular weight excluding hydrogens is 228 g/mol. The summed E-state index contributed by atoms with van der Waals surface area (Å²) in [5.41, 5.74) is 7.32. The first-order valence-electron chi connectivity index (χ1n) is 7.04. The van der Waals surface area contributed by atoms with Crippen molar-refractivity contribution in [2.24, 2.45) is 0 Å². The summed E-state index contributed by atoms with van der Waals surface area (Å²) in [5, 5.41) is 0. The molecule has 0 heterocycles. The number of rotatable bonds is 2. The Morgan fingerprint density at radius 3 is 2.16 bits per heavy atom. The van der Waals surface area contributed by atoms with Crippen molar-refractivity contribution in [3.63, 3.8) is 0 Å². The van der Waals surface area contributed by atoms with Gasteiger partial charge in [0.1, 0.15) is 0 Å². The lowest BCUT2D eigenvalue weighted by molar-refractivity contribution is 0.744. The van der Waals surface area contributed by atoms with Crippen molar-refractivity contribution in [2.75, 3.05) is 0 Å². The second kappa shape index (κ2) is 5.05. The summed E-state index contributed by atoms with van der Waals surface area (Å²) < 4.78 is 0. The SMILES string of the molecule is CC1=C(c2ccccc2)CC(c2ccc(C)cc2)C1. The fourth-order valence-corrected chi connectivity index (χ4v) is 3.06. The standard InChI is InChI=1S/C19H20/c1-14-8-10-16(11-9-14)18-12-15(2)19(13-18)17-6-4-3-5-7-17/h3-11,18H,12-13H2,1-2H3. The quantitative estimate of drug-likeness (QED) is 0.672. The van der Waals surface area contributed by atoms with Gasteiger partial charge in [-0.15, -0.1) is 0 Å². The number of aryl methyl sites for hydroxylation is 1. The van der Waals surface area contributed by atoms with E-state index >= 15 is 0 Å². The molecule has 96 valence electrons. The molecule has 0 bridgehead atoms. The monoisotopic (exact) mass is 248 g/mol. The van der Waals surface area contributed by atoms with Gasteiger partial charge in [0, 0.05) is 0 Å². The van der Waals surface area contributed by atoms with Crippen LogP contribution in [0.15, 0.2) is 60.2 Å². The average Bonchev–Trinajstić information content (AvgIpc) is 2.83. The van der Waals surface area contributed by atoms with Crippen molar-refractivity contribution in [1.82, 2.24) is 0 Å². The molecule has 1 unspecified atom stereocenters. The Balaban J connectivity index is 1.84. The molecule has 0 amide bonds. The molecule has 1 atom stereocenters. The zero-order valence-electron chi connectivity index (χ0n) is 11.7. The van der Waals surface area contributed by atoms with Gasteiger partial charge in [0.2, 0.25) is 0 Å². The highest BCUT2D eigenvalue weighted by Gasteiger charge is 2.23. The highest BCUT2D eigenvalue weighted by atomic mass is 14.3. The Morgan fingerprint density at radius 2 is 1.47 bits per heavy atom. The van der Waals surface area contributed by atoms with E-state index in [0.717, 1.165) is 0 Å². The van der Waals surface area contributed by atoms with Crippen molar-refractivity contribution in [3.05, 3.63) is 76.9 Å². The van der Waals surface area contributed by atoms with Crippen LogP contribution in [0.4, 0.5) is 0 Å². The van der Waals surface area contributed by atoms with Crippen LogP contribution in [0.1, 0.15) is 42.4 Å². The van der Waals surface area contributed by atoms with Gasteiger partial charge in [0.15, 0.2) is 0 Å². The van der Waals surface area contributed by atoms with Crippen LogP contribution >= 0.6 is 0 Å². The van der Waals surface area contributed by atoms with Crippen LogP contribution < -0.4 is 0 Å². The fourth-order valence-electron chi connectivity index (χ4n) is 3.06. The van der Waals surface area contributed by atoms with Gasteiger partial charge < -0.3 is 0 Å². The first-order chi connectivity index (χ1) is 9.24. The van der Waals surface area contributed by atoms with E-state index in [0.29, 0.717) is 5.92 Å². The van der Waals surface area contributed by atoms with Crippen molar-refractivity contribution in [1.29, 1.82) is 0 Å². The minimum Gasteiger partial charge on any atom is -0.0689 e. The zero-order valence-corrected chi connectivity index (χ0v) is 11.7. The summed E-state index contributed by atoms with van der Waals surface area (Å²) in [5.74, 6) is 0.663. The van der Waals surface area contributed by atoms with E-state index < -0.39 is 0 Å². The van der Waals surface area contributed by atoms with Gasteiger partial charge in [0.05, 0.1) is 0 Å². The Morgan fingerprint density at radius 1 is 0.789 bits per heavy atom. The zero-order chi connectivity index (χ0) is 13.2. The molecule has 2 aromatic rings. The normalized spacial score (nSPS) is 18.9. The topological polar surface area (TPSA) is 0 Å². The van der Waals surface area contributed by atoms with E-state index in [1.165, 1.54) is 29.5 Å². The minimum atomic E-state index is 0.663. The molecule has 0 N–H and O–H groups in total. The third-order valence-corrected chi connectivity index (χ3v) is 4.19. The highest BCUT2D eigenvalue weighted by Crippen LogP contribution is 2.42. The molecule has 1 aliphatic carbocycles. The summed E-state index contributed by atoms with van der Waals surface area (Å²) >= 11 is 0. The lowest BCUT2D eigenvalue weighted by Crippen LogP contribution is -1.93. The molecule has 0 aliphatic heterocycles. The summed E-state index contributed by atoms with van der Waals surface area (Å²) in [4.78, 5) is 0. The van der Waals surface area contributed by atoms with E-state index in [4.69, 9.17) is 0 Å². The molecule has 0 saturated heterocycles. The Labute approximate surface area is 115 Å². The van der Waals surface area contributed by atoms with Gasteiger partial charge in [-0.25, -0.2) is 0 Å². The molecule has 0 spiro atoms. The molecule has 3 rings (SSSR count). The van der Waals surface area contributed by atoms with E-state index in [-0.39, 0.29) is 0 Å². The van der Waals surface area contributed by atoms with E-state index in [1.807, 2.05) is 0 Å². The maximum atomic E-state index is 2.29. The minimum absolute atomic E-state index is 0.663. The van der Waals surface area contributed by atoms with Crippen molar-refractivity contribution < 1.29 is 0 Å². The predicted molar refractivity (Wildman–Crippen MR) is 82.2 cm³/mol. The Hall–Kier alpha value is -1.82. The number of hydrogen-bond acceptors (Lipinski definition) is 0. The maximum absolute atomic E-state index is 2.29. The van der Waals surface area contributed by atoms with Gasteiger partial charge in [-0.05, 0) is 49.3 Å². The largest absolute Gasteiger partial charge is 0.0689 e. The van der Waals surface area contributed by atoms with E-state index in [9.17, 15) is 0 Å². The summed E-state index contributed by atoms with van der Waals surface area (Å²) in [6, 6.07) is 19.9. The molecule has 0 radical (unpaired) electrons. The third-order valence-electron chi connectivity index (χ3n) is 4.19. The van der Waals surface area contributed by atoms with Crippen molar-refractivity contribution >= 4 is 5.57 Å². The lowest BCUT2D eigenvalue weighted by Gasteiger charge is -2.11. The molecule has 0 fully saturated rings. The fraction of sp³-hybridized carbons (Fsp3) is 0.263. The molecule has 0 saturated carbocycles. The lowest BCUT2D eigenvalue weighted by atomic mass is 9.93. The van der Waals surface area contributed by atoms with E-state index in [2.05, 4.69) is 68.4 Å². The molecule has 2 aromatic carbocycles.